The normalized spacial score (nSPS) is 13.1. The second-order valence-electron chi connectivity index (χ2n) is 3.70. The summed E-state index contributed by atoms with van der Waals surface area (Å²) in [7, 11) is 3.43. The molecule has 2 N–H and O–H groups in total. The van der Waals surface area contributed by atoms with E-state index in [1.807, 2.05) is 13.8 Å². The van der Waals surface area contributed by atoms with Crippen LogP contribution in [0.4, 0.5) is 0 Å². The number of carbonyl (C=O) groups is 1. The third kappa shape index (κ3) is 4.85. The Morgan fingerprint density at radius 2 is 2.00 bits per heavy atom. The van der Waals surface area contributed by atoms with Gasteiger partial charge >= 0.3 is 0 Å². The molecule has 0 heterocycles. The number of aliphatic hydroxyl groups excluding tert-OH is 1. The molecular formula is C9H20N2O2. The lowest BCUT2D eigenvalue weighted by Crippen LogP contribution is -2.43. The number of aliphatic hydroxyl groups is 1. The summed E-state index contributed by atoms with van der Waals surface area (Å²) in [5.74, 6) is 0.360. The molecule has 1 amide bonds. The van der Waals surface area contributed by atoms with Gasteiger partial charge in [0.25, 0.3) is 0 Å². The van der Waals surface area contributed by atoms with E-state index in [2.05, 4.69) is 5.32 Å². The molecule has 4 nitrogen and oxygen atoms in total. The van der Waals surface area contributed by atoms with Crippen molar-refractivity contribution in [3.05, 3.63) is 0 Å². The quantitative estimate of drug-likeness (QED) is 0.622. The summed E-state index contributed by atoms with van der Waals surface area (Å²) in [5.41, 5.74) is 0. The molecule has 0 unspecified atom stereocenters. The van der Waals surface area contributed by atoms with Crippen molar-refractivity contribution < 1.29 is 9.90 Å². The molecule has 0 aromatic rings. The van der Waals surface area contributed by atoms with Crippen LogP contribution in [0.1, 0.15) is 13.8 Å². The molecule has 0 fully saturated rings. The molecule has 0 aromatic heterocycles. The van der Waals surface area contributed by atoms with E-state index in [-0.39, 0.29) is 25.1 Å². The topological polar surface area (TPSA) is 52.6 Å². The van der Waals surface area contributed by atoms with Crippen LogP contribution >= 0.6 is 0 Å². The lowest BCUT2D eigenvalue weighted by Gasteiger charge is -2.20. The monoisotopic (exact) mass is 188 g/mol. The maximum Gasteiger partial charge on any atom is 0.236 e. The van der Waals surface area contributed by atoms with E-state index in [1.165, 1.54) is 4.90 Å². The van der Waals surface area contributed by atoms with Crippen LogP contribution < -0.4 is 5.32 Å². The van der Waals surface area contributed by atoms with Crippen LogP contribution in [0.15, 0.2) is 0 Å². The molecule has 0 saturated heterocycles. The zero-order valence-electron chi connectivity index (χ0n) is 8.87. The Hall–Kier alpha value is -0.610. The van der Waals surface area contributed by atoms with Crippen LogP contribution in [0.3, 0.4) is 0 Å². The minimum Gasteiger partial charge on any atom is -0.395 e. The van der Waals surface area contributed by atoms with Gasteiger partial charge in [-0.15, -0.1) is 0 Å². The summed E-state index contributed by atoms with van der Waals surface area (Å²) in [4.78, 5) is 12.7. The van der Waals surface area contributed by atoms with Crippen LogP contribution in [-0.2, 0) is 4.79 Å². The number of nitrogens with one attached hydrogen (secondary N) is 1. The summed E-state index contributed by atoms with van der Waals surface area (Å²) in [6.07, 6.45) is 0. The second-order valence-corrected chi connectivity index (χ2v) is 3.70. The number of hydrogen-bond acceptors (Lipinski definition) is 3. The molecule has 0 spiro atoms. The van der Waals surface area contributed by atoms with Crippen molar-refractivity contribution in [2.45, 2.75) is 19.9 Å². The van der Waals surface area contributed by atoms with E-state index in [1.54, 1.807) is 14.1 Å². The number of nitrogens with zero attached hydrogens (tertiary/aromatic N) is 1. The zero-order chi connectivity index (χ0) is 10.4. The number of likely N-dealkylation sites (N-methyl/N-ethyl adjacent to an activating group) is 1. The van der Waals surface area contributed by atoms with E-state index in [9.17, 15) is 4.79 Å². The van der Waals surface area contributed by atoms with Gasteiger partial charge in [-0.2, -0.15) is 0 Å². The molecule has 0 aromatic carbocycles. The summed E-state index contributed by atoms with van der Waals surface area (Å²) >= 11 is 0. The molecule has 0 aliphatic rings. The van der Waals surface area contributed by atoms with Crippen LogP contribution in [0.25, 0.3) is 0 Å². The van der Waals surface area contributed by atoms with E-state index in [4.69, 9.17) is 5.11 Å². The van der Waals surface area contributed by atoms with Gasteiger partial charge in [0.1, 0.15) is 0 Å². The third-order valence-corrected chi connectivity index (χ3v) is 2.02. The fourth-order valence-corrected chi connectivity index (χ4v) is 0.888. The molecule has 0 rings (SSSR count). The molecular weight excluding hydrogens is 168 g/mol. The minimum absolute atomic E-state index is 0.00361. The highest BCUT2D eigenvalue weighted by molar-refractivity contribution is 5.77. The van der Waals surface area contributed by atoms with Gasteiger partial charge in [0, 0.05) is 20.1 Å². The van der Waals surface area contributed by atoms with E-state index < -0.39 is 0 Å². The lowest BCUT2D eigenvalue weighted by atomic mass is 10.1. The first-order valence-corrected chi connectivity index (χ1v) is 4.53. The van der Waals surface area contributed by atoms with E-state index >= 15 is 0 Å². The predicted molar refractivity (Wildman–Crippen MR) is 52.4 cm³/mol. The summed E-state index contributed by atoms with van der Waals surface area (Å²) in [5, 5.41) is 12.0. The number of amides is 1. The number of hydrogen-bond donors (Lipinski definition) is 2. The van der Waals surface area contributed by atoms with Gasteiger partial charge in [0.2, 0.25) is 5.91 Å². The molecule has 78 valence electrons. The van der Waals surface area contributed by atoms with Crippen molar-refractivity contribution in [1.82, 2.24) is 10.2 Å². The fourth-order valence-electron chi connectivity index (χ4n) is 0.888. The van der Waals surface area contributed by atoms with Crippen molar-refractivity contribution >= 4 is 5.91 Å². The van der Waals surface area contributed by atoms with Crippen molar-refractivity contribution in [3.8, 4) is 0 Å². The largest absolute Gasteiger partial charge is 0.395 e. The van der Waals surface area contributed by atoms with Gasteiger partial charge in [-0.05, 0) is 5.92 Å². The Morgan fingerprint density at radius 3 is 2.31 bits per heavy atom. The first-order chi connectivity index (χ1) is 5.99. The summed E-state index contributed by atoms with van der Waals surface area (Å²) in [6, 6.07) is 0.00361. The van der Waals surface area contributed by atoms with Gasteiger partial charge in [0.05, 0.1) is 13.2 Å². The van der Waals surface area contributed by atoms with Crippen molar-refractivity contribution in [2.75, 3.05) is 27.2 Å². The van der Waals surface area contributed by atoms with E-state index in [0.29, 0.717) is 5.92 Å². The Bertz CT molecular complexity index is 158. The first-order valence-electron chi connectivity index (χ1n) is 4.53. The maximum absolute atomic E-state index is 11.2. The molecule has 0 saturated carbocycles. The molecule has 0 aliphatic carbocycles. The average molecular weight is 188 g/mol. The van der Waals surface area contributed by atoms with Gasteiger partial charge in [-0.25, -0.2) is 0 Å². The van der Waals surface area contributed by atoms with E-state index in [0.717, 1.165) is 0 Å². The molecule has 0 radical (unpaired) electrons. The Kier molecular flexibility index (Phi) is 5.66. The third-order valence-electron chi connectivity index (χ3n) is 2.02. The fraction of sp³-hybridized carbons (Fsp3) is 0.889. The molecule has 13 heavy (non-hydrogen) atoms. The van der Waals surface area contributed by atoms with Crippen molar-refractivity contribution in [2.24, 2.45) is 5.92 Å². The van der Waals surface area contributed by atoms with Crippen LogP contribution in [-0.4, -0.2) is 49.2 Å². The lowest BCUT2D eigenvalue weighted by molar-refractivity contribution is -0.127. The van der Waals surface area contributed by atoms with Gasteiger partial charge < -0.3 is 15.3 Å². The van der Waals surface area contributed by atoms with Gasteiger partial charge in [0.15, 0.2) is 0 Å². The maximum atomic E-state index is 11.2. The van der Waals surface area contributed by atoms with Crippen molar-refractivity contribution in [3.63, 3.8) is 0 Å². The summed E-state index contributed by atoms with van der Waals surface area (Å²) in [6.45, 7) is 4.37. The highest BCUT2D eigenvalue weighted by Crippen LogP contribution is 1.99. The predicted octanol–water partition coefficient (Wildman–Crippen LogP) is -0.319. The van der Waals surface area contributed by atoms with Gasteiger partial charge in [-0.3, -0.25) is 4.79 Å². The second kappa shape index (κ2) is 5.94. The Morgan fingerprint density at radius 1 is 1.46 bits per heavy atom. The van der Waals surface area contributed by atoms with Gasteiger partial charge in [-0.1, -0.05) is 13.8 Å². The Balaban J connectivity index is 3.79. The highest BCUT2D eigenvalue weighted by atomic mass is 16.3. The molecule has 4 heteroatoms. The standard InChI is InChI=1S/C9H20N2O2/c1-7(2)8(6-12)10-5-9(13)11(3)4/h7-8,10,12H,5-6H2,1-4H3/t8-/m1/s1. The highest BCUT2D eigenvalue weighted by Gasteiger charge is 2.13. The molecule has 1 atom stereocenters. The summed E-state index contributed by atoms with van der Waals surface area (Å²) < 4.78 is 0. The number of rotatable bonds is 5. The van der Waals surface area contributed by atoms with Crippen LogP contribution in [0.2, 0.25) is 0 Å². The van der Waals surface area contributed by atoms with Crippen molar-refractivity contribution in [1.29, 1.82) is 0 Å². The van der Waals surface area contributed by atoms with Crippen LogP contribution in [0.5, 0.6) is 0 Å². The smallest absolute Gasteiger partial charge is 0.236 e. The molecule has 0 aliphatic heterocycles. The van der Waals surface area contributed by atoms with Crippen LogP contribution in [0, 0.1) is 5.92 Å². The minimum atomic E-state index is 0.00361. The number of carbonyl (C=O) groups excluding carboxylic acids is 1. The Labute approximate surface area is 79.9 Å². The zero-order valence-corrected chi connectivity index (χ0v) is 8.87. The SMILES string of the molecule is CC(C)[C@@H](CO)NCC(=O)N(C)C. The first kappa shape index (κ1) is 12.4. The average Bonchev–Trinajstić information content (AvgIpc) is 2.04. The molecule has 0 bridgehead atoms.